The predicted molar refractivity (Wildman–Crippen MR) is 64.0 cm³/mol. The van der Waals surface area contributed by atoms with E-state index in [1.165, 1.54) is 0 Å². The van der Waals surface area contributed by atoms with Crippen molar-refractivity contribution in [2.75, 3.05) is 26.3 Å². The van der Waals surface area contributed by atoms with Gasteiger partial charge in [-0.05, 0) is 26.3 Å². The number of hydrogen-bond donors (Lipinski definition) is 1. The average molecular weight is 239 g/mol. The zero-order valence-electron chi connectivity index (χ0n) is 10.7. The molecule has 1 atom stereocenters. The minimum atomic E-state index is 0.0524. The van der Waals surface area contributed by atoms with Crippen LogP contribution in [0.3, 0.4) is 0 Å². The van der Waals surface area contributed by atoms with Gasteiger partial charge in [0.1, 0.15) is 0 Å². The van der Waals surface area contributed by atoms with Crippen LogP contribution in [0.4, 0.5) is 0 Å². The molecule has 2 rings (SSSR count). The van der Waals surface area contributed by atoms with Gasteiger partial charge >= 0.3 is 0 Å². The summed E-state index contributed by atoms with van der Waals surface area (Å²) in [6, 6.07) is 0. The largest absolute Gasteiger partial charge is 0.381 e. The molecule has 0 aromatic carbocycles. The summed E-state index contributed by atoms with van der Waals surface area (Å²) in [5, 5.41) is 7.40. The molecule has 0 saturated carbocycles. The summed E-state index contributed by atoms with van der Waals surface area (Å²) in [7, 11) is 0. The first kappa shape index (κ1) is 12.5. The molecule has 2 heterocycles. The number of hydrogen-bond acceptors (Lipinski definition) is 5. The summed E-state index contributed by atoms with van der Waals surface area (Å²) in [4.78, 5) is 4.51. The van der Waals surface area contributed by atoms with Gasteiger partial charge in [-0.2, -0.15) is 4.98 Å². The van der Waals surface area contributed by atoms with Crippen LogP contribution >= 0.6 is 0 Å². The van der Waals surface area contributed by atoms with Crippen molar-refractivity contribution in [3.8, 4) is 0 Å². The molecule has 0 aliphatic carbocycles. The average Bonchev–Trinajstić information content (AvgIpc) is 2.98. The summed E-state index contributed by atoms with van der Waals surface area (Å²) in [5.41, 5.74) is 0.0524. The summed E-state index contributed by atoms with van der Waals surface area (Å²) in [6.07, 6.45) is 2.84. The number of aromatic nitrogens is 2. The van der Waals surface area contributed by atoms with Crippen LogP contribution in [0.15, 0.2) is 4.52 Å². The second-order valence-corrected chi connectivity index (χ2v) is 4.52. The molecule has 0 spiro atoms. The Morgan fingerprint density at radius 1 is 1.47 bits per heavy atom. The molecule has 1 aliphatic heterocycles. The lowest BCUT2D eigenvalue weighted by Crippen LogP contribution is -2.28. The van der Waals surface area contributed by atoms with E-state index in [2.05, 4.69) is 22.4 Å². The van der Waals surface area contributed by atoms with Crippen molar-refractivity contribution in [1.82, 2.24) is 15.5 Å². The number of rotatable bonds is 6. The normalized spacial score (nSPS) is 24.4. The Morgan fingerprint density at radius 3 is 3.00 bits per heavy atom. The van der Waals surface area contributed by atoms with Crippen LogP contribution in [0, 0.1) is 0 Å². The predicted octanol–water partition coefficient (Wildman–Crippen LogP) is 1.29. The smallest absolute Gasteiger partial charge is 0.234 e. The van der Waals surface area contributed by atoms with E-state index in [-0.39, 0.29) is 5.41 Å². The standard InChI is InChI=1S/C12H21N3O2/c1-3-12(6-7-13-9-12)11-14-10(15-17-11)5-8-16-4-2/h13H,3-9H2,1-2H3. The minimum absolute atomic E-state index is 0.0524. The quantitative estimate of drug-likeness (QED) is 0.758. The van der Waals surface area contributed by atoms with Gasteiger partial charge in [0.05, 0.1) is 12.0 Å². The van der Waals surface area contributed by atoms with Crippen molar-refractivity contribution in [2.45, 2.75) is 38.5 Å². The Hall–Kier alpha value is -0.940. The van der Waals surface area contributed by atoms with Crippen molar-refractivity contribution >= 4 is 0 Å². The number of ether oxygens (including phenoxy) is 1. The van der Waals surface area contributed by atoms with E-state index in [4.69, 9.17) is 9.26 Å². The minimum Gasteiger partial charge on any atom is -0.381 e. The van der Waals surface area contributed by atoms with E-state index in [0.29, 0.717) is 6.61 Å². The lowest BCUT2D eigenvalue weighted by molar-refractivity contribution is 0.149. The molecule has 5 nitrogen and oxygen atoms in total. The van der Waals surface area contributed by atoms with E-state index in [1.54, 1.807) is 0 Å². The first-order valence-corrected chi connectivity index (χ1v) is 6.42. The summed E-state index contributed by atoms with van der Waals surface area (Å²) < 4.78 is 10.7. The third kappa shape index (κ3) is 2.66. The van der Waals surface area contributed by atoms with Crippen molar-refractivity contribution in [3.05, 3.63) is 11.7 Å². The molecule has 0 bridgehead atoms. The molecule has 1 aliphatic rings. The van der Waals surface area contributed by atoms with Gasteiger partial charge in [-0.3, -0.25) is 0 Å². The van der Waals surface area contributed by atoms with Crippen LogP contribution < -0.4 is 5.32 Å². The first-order valence-electron chi connectivity index (χ1n) is 6.42. The monoisotopic (exact) mass is 239 g/mol. The Labute approximate surface area is 102 Å². The summed E-state index contributed by atoms with van der Waals surface area (Å²) >= 11 is 0. The van der Waals surface area contributed by atoms with Crippen molar-refractivity contribution in [1.29, 1.82) is 0 Å². The van der Waals surface area contributed by atoms with Gasteiger partial charge in [0.2, 0.25) is 5.89 Å². The van der Waals surface area contributed by atoms with Gasteiger partial charge in [0, 0.05) is 19.6 Å². The fourth-order valence-corrected chi connectivity index (χ4v) is 2.26. The molecule has 17 heavy (non-hydrogen) atoms. The number of nitrogens with one attached hydrogen (secondary N) is 1. The summed E-state index contributed by atoms with van der Waals surface area (Å²) in [5.74, 6) is 1.55. The van der Waals surface area contributed by atoms with E-state index < -0.39 is 0 Å². The van der Waals surface area contributed by atoms with Gasteiger partial charge < -0.3 is 14.6 Å². The fraction of sp³-hybridized carbons (Fsp3) is 0.833. The molecule has 1 aromatic heterocycles. The van der Waals surface area contributed by atoms with Crippen LogP contribution in [0.25, 0.3) is 0 Å². The van der Waals surface area contributed by atoms with Crippen molar-refractivity contribution in [2.24, 2.45) is 0 Å². The third-order valence-electron chi connectivity index (χ3n) is 3.52. The maximum atomic E-state index is 5.42. The van der Waals surface area contributed by atoms with Gasteiger partial charge in [-0.1, -0.05) is 12.1 Å². The van der Waals surface area contributed by atoms with E-state index >= 15 is 0 Å². The van der Waals surface area contributed by atoms with Crippen molar-refractivity contribution < 1.29 is 9.26 Å². The van der Waals surface area contributed by atoms with Crippen LogP contribution in [0.5, 0.6) is 0 Å². The molecular weight excluding hydrogens is 218 g/mol. The topological polar surface area (TPSA) is 60.2 Å². The highest BCUT2D eigenvalue weighted by Crippen LogP contribution is 2.32. The fourth-order valence-electron chi connectivity index (χ4n) is 2.26. The van der Waals surface area contributed by atoms with Crippen molar-refractivity contribution in [3.63, 3.8) is 0 Å². The SMILES string of the molecule is CCOCCc1noc(C2(CC)CCNC2)n1. The summed E-state index contributed by atoms with van der Waals surface area (Å²) in [6.45, 7) is 7.52. The molecule has 96 valence electrons. The zero-order chi connectivity index (χ0) is 12.1. The maximum Gasteiger partial charge on any atom is 0.234 e. The Balaban J connectivity index is 2.01. The van der Waals surface area contributed by atoms with E-state index in [9.17, 15) is 0 Å². The lowest BCUT2D eigenvalue weighted by atomic mass is 9.84. The maximum absolute atomic E-state index is 5.42. The van der Waals surface area contributed by atoms with E-state index in [0.717, 1.165) is 50.7 Å². The molecule has 1 aromatic rings. The lowest BCUT2D eigenvalue weighted by Gasteiger charge is -2.20. The van der Waals surface area contributed by atoms with Crippen LogP contribution in [-0.2, 0) is 16.6 Å². The van der Waals surface area contributed by atoms with Gasteiger partial charge in [0.15, 0.2) is 5.82 Å². The Kier molecular flexibility index (Phi) is 4.12. The molecule has 1 saturated heterocycles. The van der Waals surface area contributed by atoms with Crippen LogP contribution in [-0.4, -0.2) is 36.4 Å². The Bertz CT molecular complexity index is 345. The molecule has 1 unspecified atom stereocenters. The third-order valence-corrected chi connectivity index (χ3v) is 3.52. The highest BCUT2D eigenvalue weighted by Gasteiger charge is 2.39. The van der Waals surface area contributed by atoms with Gasteiger partial charge in [-0.15, -0.1) is 0 Å². The van der Waals surface area contributed by atoms with E-state index in [1.807, 2.05) is 6.92 Å². The van der Waals surface area contributed by atoms with Gasteiger partial charge in [-0.25, -0.2) is 0 Å². The first-order chi connectivity index (χ1) is 8.30. The molecule has 0 amide bonds. The molecule has 5 heteroatoms. The molecule has 0 radical (unpaired) electrons. The second kappa shape index (κ2) is 5.60. The molecule has 1 fully saturated rings. The molecule has 1 N–H and O–H groups in total. The van der Waals surface area contributed by atoms with Crippen LogP contribution in [0.2, 0.25) is 0 Å². The van der Waals surface area contributed by atoms with Crippen LogP contribution in [0.1, 0.15) is 38.4 Å². The van der Waals surface area contributed by atoms with Gasteiger partial charge in [0.25, 0.3) is 0 Å². The second-order valence-electron chi connectivity index (χ2n) is 4.52. The zero-order valence-corrected chi connectivity index (χ0v) is 10.7. The Morgan fingerprint density at radius 2 is 2.35 bits per heavy atom. The molecular formula is C12H21N3O2. The highest BCUT2D eigenvalue weighted by molar-refractivity contribution is 5.09. The highest BCUT2D eigenvalue weighted by atomic mass is 16.5. The number of nitrogens with zero attached hydrogens (tertiary/aromatic N) is 2.